The molecular formula is C21H8F3NO2. The van der Waals surface area contributed by atoms with Crippen molar-refractivity contribution in [3.05, 3.63) is 93.9 Å². The van der Waals surface area contributed by atoms with Gasteiger partial charge >= 0.3 is 0 Å². The van der Waals surface area contributed by atoms with E-state index in [9.17, 15) is 22.8 Å². The molecule has 2 aromatic carbocycles. The second kappa shape index (κ2) is 5.23. The molecule has 1 heterocycles. The number of hydrogen-bond acceptors (Lipinski definition) is 3. The van der Waals surface area contributed by atoms with Crippen molar-refractivity contribution in [2.75, 3.05) is 0 Å². The maximum atomic E-state index is 14.2. The summed E-state index contributed by atoms with van der Waals surface area (Å²) in [5.74, 6) is -6.69. The molecule has 0 spiro atoms. The van der Waals surface area contributed by atoms with Gasteiger partial charge in [-0.3, -0.25) is 14.6 Å². The highest BCUT2D eigenvalue weighted by atomic mass is 19.2. The van der Waals surface area contributed by atoms with Gasteiger partial charge in [0.15, 0.2) is 23.2 Å². The molecular weight excluding hydrogens is 355 g/mol. The lowest BCUT2D eigenvalue weighted by Crippen LogP contribution is -2.06. The number of fused-ring (bicyclic) bond motifs is 4. The molecule has 0 fully saturated rings. The van der Waals surface area contributed by atoms with Gasteiger partial charge in [-0.2, -0.15) is 0 Å². The van der Waals surface area contributed by atoms with Crippen LogP contribution in [0.4, 0.5) is 13.2 Å². The van der Waals surface area contributed by atoms with Gasteiger partial charge in [0.2, 0.25) is 5.78 Å². The number of hydrogen-bond donors (Lipinski definition) is 0. The summed E-state index contributed by atoms with van der Waals surface area (Å²) in [6.45, 7) is 0. The van der Waals surface area contributed by atoms with Gasteiger partial charge in [0.25, 0.3) is 0 Å². The van der Waals surface area contributed by atoms with Gasteiger partial charge in [-0.1, -0.05) is 30.3 Å². The summed E-state index contributed by atoms with van der Waals surface area (Å²) < 4.78 is 41.5. The highest BCUT2D eigenvalue weighted by Gasteiger charge is 2.42. The van der Waals surface area contributed by atoms with E-state index in [1.54, 1.807) is 42.6 Å². The number of halogens is 3. The number of ketones is 2. The zero-order valence-electron chi connectivity index (χ0n) is 13.5. The number of nitrogens with zero attached hydrogens (tertiary/aromatic N) is 1. The summed E-state index contributed by atoms with van der Waals surface area (Å²) in [5.41, 5.74) is 1.27. The molecule has 0 amide bonds. The molecule has 2 aliphatic carbocycles. The first kappa shape index (κ1) is 15.7. The Kier molecular flexibility index (Phi) is 3.04. The van der Waals surface area contributed by atoms with Crippen LogP contribution in [-0.2, 0) is 0 Å². The molecule has 3 nitrogen and oxygen atoms in total. The predicted octanol–water partition coefficient (Wildman–Crippen LogP) is 4.36. The third-order valence-corrected chi connectivity index (χ3v) is 4.87. The molecule has 3 aromatic rings. The molecule has 0 N–H and O–H groups in total. The van der Waals surface area contributed by atoms with Crippen molar-refractivity contribution in [3.63, 3.8) is 0 Å². The van der Waals surface area contributed by atoms with Gasteiger partial charge in [0.1, 0.15) is 0 Å². The lowest BCUT2D eigenvalue weighted by atomic mass is 9.95. The van der Waals surface area contributed by atoms with Crippen LogP contribution < -0.4 is 0 Å². The molecule has 0 atom stereocenters. The normalized spacial score (nSPS) is 17.1. The molecule has 5 rings (SSSR count). The van der Waals surface area contributed by atoms with Crippen molar-refractivity contribution >= 4 is 17.1 Å². The van der Waals surface area contributed by atoms with Crippen LogP contribution in [0.1, 0.15) is 31.8 Å². The van der Waals surface area contributed by atoms with E-state index in [0.29, 0.717) is 28.5 Å². The lowest BCUT2D eigenvalue weighted by molar-refractivity contribution is 0.0989. The summed E-state index contributed by atoms with van der Waals surface area (Å²) in [6, 6.07) is 11.0. The molecule has 130 valence electrons. The summed E-state index contributed by atoms with van der Waals surface area (Å²) in [4.78, 5) is 30.1. The topological polar surface area (TPSA) is 47.0 Å². The Bertz CT molecular complexity index is 1200. The number of carbonyl (C=O) groups excluding carboxylic acids is 2. The summed E-state index contributed by atoms with van der Waals surface area (Å²) in [5, 5.41) is 0. The van der Waals surface area contributed by atoms with Crippen LogP contribution in [0.25, 0.3) is 16.8 Å². The summed E-state index contributed by atoms with van der Waals surface area (Å²) >= 11 is 0. The van der Waals surface area contributed by atoms with Crippen LogP contribution in [0.3, 0.4) is 0 Å². The molecule has 0 saturated heterocycles. The highest BCUT2D eigenvalue weighted by Crippen LogP contribution is 2.47. The van der Waals surface area contributed by atoms with Crippen molar-refractivity contribution in [1.29, 1.82) is 0 Å². The molecule has 27 heavy (non-hydrogen) atoms. The number of aromatic nitrogens is 1. The van der Waals surface area contributed by atoms with Gasteiger partial charge in [-0.25, -0.2) is 13.2 Å². The number of benzene rings is 2. The fraction of sp³-hybridized carbons (Fsp3) is 0. The Morgan fingerprint density at radius 3 is 2.19 bits per heavy atom. The van der Waals surface area contributed by atoms with Gasteiger partial charge in [0.05, 0.1) is 16.8 Å². The first-order chi connectivity index (χ1) is 13.0. The van der Waals surface area contributed by atoms with Crippen molar-refractivity contribution in [3.8, 4) is 11.3 Å². The van der Waals surface area contributed by atoms with E-state index >= 15 is 0 Å². The minimum absolute atomic E-state index is 0.298. The Morgan fingerprint density at radius 1 is 0.704 bits per heavy atom. The van der Waals surface area contributed by atoms with E-state index in [0.717, 1.165) is 5.56 Å². The molecule has 1 aromatic heterocycles. The number of pyridine rings is 1. The molecule has 6 heteroatoms. The van der Waals surface area contributed by atoms with E-state index in [1.807, 2.05) is 0 Å². The highest BCUT2D eigenvalue weighted by molar-refractivity contribution is 6.43. The largest absolute Gasteiger partial charge is 0.288 e. The van der Waals surface area contributed by atoms with Gasteiger partial charge in [0, 0.05) is 28.5 Å². The number of allylic oxidation sites excluding steroid dienone is 1. The monoisotopic (exact) mass is 363 g/mol. The third-order valence-electron chi connectivity index (χ3n) is 4.87. The zero-order valence-corrected chi connectivity index (χ0v) is 13.5. The van der Waals surface area contributed by atoms with Crippen molar-refractivity contribution in [2.24, 2.45) is 0 Å². The van der Waals surface area contributed by atoms with Crippen LogP contribution in [-0.4, -0.2) is 16.6 Å². The fourth-order valence-corrected chi connectivity index (χ4v) is 3.73. The molecule has 0 bridgehead atoms. The van der Waals surface area contributed by atoms with Crippen molar-refractivity contribution in [1.82, 2.24) is 4.98 Å². The van der Waals surface area contributed by atoms with E-state index in [-0.39, 0.29) is 5.57 Å². The zero-order chi connectivity index (χ0) is 18.9. The van der Waals surface area contributed by atoms with Crippen LogP contribution >= 0.6 is 0 Å². The summed E-state index contributed by atoms with van der Waals surface area (Å²) in [6.07, 6.45) is 1.58. The average molecular weight is 363 g/mol. The van der Waals surface area contributed by atoms with Gasteiger partial charge < -0.3 is 0 Å². The first-order valence-corrected chi connectivity index (χ1v) is 8.07. The van der Waals surface area contributed by atoms with Gasteiger partial charge in [-0.15, -0.1) is 0 Å². The average Bonchev–Trinajstić information content (AvgIpc) is 3.12. The summed E-state index contributed by atoms with van der Waals surface area (Å²) in [7, 11) is 0. The maximum absolute atomic E-state index is 14.2. The Morgan fingerprint density at radius 2 is 1.41 bits per heavy atom. The van der Waals surface area contributed by atoms with Crippen molar-refractivity contribution in [2.45, 2.75) is 0 Å². The molecule has 0 radical (unpaired) electrons. The van der Waals surface area contributed by atoms with Gasteiger partial charge in [-0.05, 0) is 17.7 Å². The Labute approximate surface area is 150 Å². The fourth-order valence-electron chi connectivity index (χ4n) is 3.73. The molecule has 0 unspecified atom stereocenters. The van der Waals surface area contributed by atoms with Crippen molar-refractivity contribution < 1.29 is 22.8 Å². The SMILES string of the molecule is O=C1/C(=C2\c3ccccc3-c3ncccc32)C(=O)c2c1cc(F)c(F)c2F. The minimum Gasteiger partial charge on any atom is -0.288 e. The van der Waals surface area contributed by atoms with Crippen LogP contribution in [0.2, 0.25) is 0 Å². The molecule has 0 aliphatic heterocycles. The van der Waals surface area contributed by atoms with Crippen LogP contribution in [0, 0.1) is 17.5 Å². The Balaban J connectivity index is 1.88. The standard InChI is InChI=1S/C21H8F3NO2/c22-13-8-12-15(18(24)17(13)23)21(27)16(20(12)26)14-9-4-1-2-5-10(9)19-11(14)6-3-7-25-19/h1-8H/b16-14-. The first-order valence-electron chi connectivity index (χ1n) is 8.07. The maximum Gasteiger partial charge on any atom is 0.201 e. The molecule has 0 saturated carbocycles. The van der Waals surface area contributed by atoms with Crippen LogP contribution in [0.5, 0.6) is 0 Å². The van der Waals surface area contributed by atoms with E-state index in [4.69, 9.17) is 0 Å². The second-order valence-electron chi connectivity index (χ2n) is 6.26. The second-order valence-corrected chi connectivity index (χ2v) is 6.26. The molecule has 2 aliphatic rings. The predicted molar refractivity (Wildman–Crippen MR) is 90.7 cm³/mol. The quantitative estimate of drug-likeness (QED) is 0.265. The number of Topliss-reactive ketones (excluding diaryl/α,β-unsaturated/α-hetero) is 2. The lowest BCUT2D eigenvalue weighted by Gasteiger charge is -2.05. The smallest absolute Gasteiger partial charge is 0.201 e. The Hall–Kier alpha value is -3.54. The number of carbonyl (C=O) groups is 2. The minimum atomic E-state index is -1.77. The number of rotatable bonds is 0. The van der Waals surface area contributed by atoms with E-state index in [2.05, 4.69) is 4.98 Å². The van der Waals surface area contributed by atoms with Crippen LogP contribution in [0.15, 0.2) is 54.2 Å². The third kappa shape index (κ3) is 1.89. The van der Waals surface area contributed by atoms with E-state index < -0.39 is 40.1 Å². The van der Waals surface area contributed by atoms with E-state index in [1.165, 1.54) is 0 Å².